The van der Waals surface area contributed by atoms with E-state index in [2.05, 4.69) is 10.4 Å². The van der Waals surface area contributed by atoms with Gasteiger partial charge in [0, 0.05) is 32.5 Å². The number of likely N-dealkylation sites (N-methyl/N-ethyl adjacent to an activating group) is 1. The molecule has 0 saturated carbocycles. The third kappa shape index (κ3) is 3.94. The molecular formula is C13H20N4O4. The Morgan fingerprint density at radius 3 is 3.00 bits per heavy atom. The van der Waals surface area contributed by atoms with Crippen molar-refractivity contribution in [3.63, 3.8) is 0 Å². The molecular weight excluding hydrogens is 276 g/mol. The number of urea groups is 1. The van der Waals surface area contributed by atoms with Gasteiger partial charge in [-0.25, -0.2) is 4.79 Å². The molecule has 1 aromatic heterocycles. The summed E-state index contributed by atoms with van der Waals surface area (Å²) in [5.74, 6) is -1.60. The van der Waals surface area contributed by atoms with Crippen molar-refractivity contribution in [3.8, 4) is 0 Å². The fourth-order valence-corrected chi connectivity index (χ4v) is 2.30. The first-order chi connectivity index (χ1) is 10.1. The lowest BCUT2D eigenvalue weighted by Crippen LogP contribution is -2.48. The van der Waals surface area contributed by atoms with Gasteiger partial charge < -0.3 is 20.1 Å². The fraction of sp³-hybridized carbons (Fsp3) is 0.615. The molecule has 2 rings (SSSR count). The smallest absolute Gasteiger partial charge is 0.317 e. The molecule has 0 radical (unpaired) electrons. The number of carboxylic acid groups (broad SMARTS) is 1. The van der Waals surface area contributed by atoms with Crippen LogP contribution in [0, 0.1) is 5.92 Å². The van der Waals surface area contributed by atoms with E-state index in [1.165, 1.54) is 4.90 Å². The molecule has 0 aliphatic carbocycles. The van der Waals surface area contributed by atoms with E-state index < -0.39 is 17.9 Å². The number of carbonyl (C=O) groups excluding carboxylic acids is 1. The highest BCUT2D eigenvalue weighted by Crippen LogP contribution is 2.18. The molecule has 2 atom stereocenters. The molecule has 1 aliphatic rings. The number of aryl methyl sites for hydroxylation is 1. The standard InChI is InChI=1S/C13H20N4O4/c1-16(11-9-21-8-10(11)12(18)19)13(20)14-4-2-6-17-7-3-5-15-17/h3,5,7,10-11H,2,4,6,8-9H2,1H3,(H,14,20)(H,18,19). The molecule has 21 heavy (non-hydrogen) atoms. The second kappa shape index (κ2) is 7.07. The first-order valence-electron chi connectivity index (χ1n) is 6.88. The van der Waals surface area contributed by atoms with Crippen LogP contribution in [0.15, 0.2) is 18.5 Å². The number of carboxylic acids is 1. The maximum absolute atomic E-state index is 12.0. The van der Waals surface area contributed by atoms with Gasteiger partial charge in [-0.15, -0.1) is 0 Å². The van der Waals surface area contributed by atoms with Gasteiger partial charge in [0.15, 0.2) is 0 Å². The van der Waals surface area contributed by atoms with Crippen LogP contribution in [-0.4, -0.2) is 64.6 Å². The first kappa shape index (κ1) is 15.3. The Morgan fingerprint density at radius 2 is 2.33 bits per heavy atom. The molecule has 2 unspecified atom stereocenters. The Morgan fingerprint density at radius 1 is 1.52 bits per heavy atom. The van der Waals surface area contributed by atoms with Crippen LogP contribution in [0.4, 0.5) is 4.79 Å². The minimum absolute atomic E-state index is 0.150. The van der Waals surface area contributed by atoms with E-state index in [1.54, 1.807) is 17.9 Å². The Bertz CT molecular complexity index is 477. The second-order valence-electron chi connectivity index (χ2n) is 5.02. The minimum atomic E-state index is -0.934. The number of aromatic nitrogens is 2. The van der Waals surface area contributed by atoms with Crippen molar-refractivity contribution in [1.82, 2.24) is 20.0 Å². The highest BCUT2D eigenvalue weighted by molar-refractivity contribution is 5.77. The van der Waals surface area contributed by atoms with Gasteiger partial charge >= 0.3 is 12.0 Å². The molecule has 1 aromatic rings. The van der Waals surface area contributed by atoms with E-state index in [0.717, 1.165) is 13.0 Å². The molecule has 0 spiro atoms. The predicted molar refractivity (Wildman–Crippen MR) is 73.7 cm³/mol. The van der Waals surface area contributed by atoms with Crippen LogP contribution in [-0.2, 0) is 16.1 Å². The van der Waals surface area contributed by atoms with Crippen LogP contribution in [0.2, 0.25) is 0 Å². The summed E-state index contributed by atoms with van der Waals surface area (Å²) in [6, 6.07) is 1.14. The van der Waals surface area contributed by atoms with Gasteiger partial charge in [0.05, 0.1) is 19.3 Å². The highest BCUT2D eigenvalue weighted by Gasteiger charge is 2.38. The van der Waals surface area contributed by atoms with Gasteiger partial charge in [0.2, 0.25) is 0 Å². The molecule has 2 amide bonds. The van der Waals surface area contributed by atoms with Crippen molar-refractivity contribution in [2.45, 2.75) is 19.0 Å². The predicted octanol–water partition coefficient (Wildman–Crippen LogP) is 0.0142. The summed E-state index contributed by atoms with van der Waals surface area (Å²) in [4.78, 5) is 24.5. The molecule has 0 bridgehead atoms. The van der Waals surface area contributed by atoms with Gasteiger partial charge in [-0.3, -0.25) is 9.48 Å². The highest BCUT2D eigenvalue weighted by atomic mass is 16.5. The summed E-state index contributed by atoms with van der Waals surface area (Å²) in [5, 5.41) is 15.9. The summed E-state index contributed by atoms with van der Waals surface area (Å²) in [6.07, 6.45) is 4.32. The number of nitrogens with zero attached hydrogens (tertiary/aromatic N) is 3. The Kier molecular flexibility index (Phi) is 5.15. The van der Waals surface area contributed by atoms with Crippen LogP contribution in [0.5, 0.6) is 0 Å². The third-order valence-electron chi connectivity index (χ3n) is 3.58. The van der Waals surface area contributed by atoms with Crippen molar-refractivity contribution in [3.05, 3.63) is 18.5 Å². The van der Waals surface area contributed by atoms with Crippen LogP contribution in [0.1, 0.15) is 6.42 Å². The number of aliphatic carboxylic acids is 1. The number of rotatable bonds is 6. The number of hydrogen-bond donors (Lipinski definition) is 2. The van der Waals surface area contributed by atoms with Crippen LogP contribution >= 0.6 is 0 Å². The van der Waals surface area contributed by atoms with Gasteiger partial charge in [-0.2, -0.15) is 5.10 Å². The lowest BCUT2D eigenvalue weighted by molar-refractivity contribution is -0.142. The third-order valence-corrected chi connectivity index (χ3v) is 3.58. The van der Waals surface area contributed by atoms with Gasteiger partial charge in [0.1, 0.15) is 5.92 Å². The largest absolute Gasteiger partial charge is 0.481 e. The topological polar surface area (TPSA) is 96.7 Å². The molecule has 2 N–H and O–H groups in total. The van der Waals surface area contributed by atoms with Gasteiger partial charge in [-0.1, -0.05) is 0 Å². The van der Waals surface area contributed by atoms with Crippen LogP contribution in [0.3, 0.4) is 0 Å². The average Bonchev–Trinajstić information content (AvgIpc) is 3.13. The zero-order chi connectivity index (χ0) is 15.2. The summed E-state index contributed by atoms with van der Waals surface area (Å²) in [5.41, 5.74) is 0. The number of hydrogen-bond acceptors (Lipinski definition) is 4. The molecule has 1 aliphatic heterocycles. The quantitative estimate of drug-likeness (QED) is 0.721. The molecule has 8 heteroatoms. The van der Waals surface area contributed by atoms with Crippen molar-refractivity contribution in [2.24, 2.45) is 5.92 Å². The molecule has 8 nitrogen and oxygen atoms in total. The zero-order valence-electron chi connectivity index (χ0n) is 11.9. The summed E-state index contributed by atoms with van der Waals surface area (Å²) < 4.78 is 6.96. The van der Waals surface area contributed by atoms with E-state index in [9.17, 15) is 9.59 Å². The molecule has 1 saturated heterocycles. The summed E-state index contributed by atoms with van der Waals surface area (Å²) >= 11 is 0. The lowest BCUT2D eigenvalue weighted by atomic mass is 10.0. The normalized spacial score (nSPS) is 21.2. The van der Waals surface area contributed by atoms with Crippen molar-refractivity contribution < 1.29 is 19.4 Å². The van der Waals surface area contributed by atoms with E-state index in [1.807, 2.05) is 12.3 Å². The monoisotopic (exact) mass is 296 g/mol. The van der Waals surface area contributed by atoms with E-state index >= 15 is 0 Å². The zero-order valence-corrected chi connectivity index (χ0v) is 11.9. The number of ether oxygens (including phenoxy) is 1. The Hall–Kier alpha value is -2.09. The van der Waals surface area contributed by atoms with Crippen LogP contribution in [0.25, 0.3) is 0 Å². The lowest BCUT2D eigenvalue weighted by Gasteiger charge is -2.26. The Labute approximate surface area is 122 Å². The SMILES string of the molecule is CN(C(=O)NCCCn1cccn1)C1COCC1C(=O)O. The Balaban J connectivity index is 1.73. The summed E-state index contributed by atoms with van der Waals surface area (Å²) in [6.45, 7) is 1.64. The van der Waals surface area contributed by atoms with Gasteiger partial charge in [-0.05, 0) is 12.5 Å². The van der Waals surface area contributed by atoms with Crippen molar-refractivity contribution >= 4 is 12.0 Å². The van der Waals surface area contributed by atoms with E-state index in [4.69, 9.17) is 9.84 Å². The maximum atomic E-state index is 12.0. The molecule has 116 valence electrons. The van der Waals surface area contributed by atoms with Gasteiger partial charge in [0.25, 0.3) is 0 Å². The molecule has 2 heterocycles. The van der Waals surface area contributed by atoms with E-state index in [-0.39, 0.29) is 19.2 Å². The maximum Gasteiger partial charge on any atom is 0.317 e. The second-order valence-corrected chi connectivity index (χ2v) is 5.02. The minimum Gasteiger partial charge on any atom is -0.481 e. The molecule has 1 fully saturated rings. The molecule has 0 aromatic carbocycles. The van der Waals surface area contributed by atoms with Crippen molar-refractivity contribution in [2.75, 3.05) is 26.8 Å². The van der Waals surface area contributed by atoms with Crippen LogP contribution < -0.4 is 5.32 Å². The fourth-order valence-electron chi connectivity index (χ4n) is 2.30. The number of amides is 2. The van der Waals surface area contributed by atoms with E-state index in [0.29, 0.717) is 6.54 Å². The average molecular weight is 296 g/mol. The van der Waals surface area contributed by atoms with Crippen molar-refractivity contribution in [1.29, 1.82) is 0 Å². The first-order valence-corrected chi connectivity index (χ1v) is 6.88. The number of nitrogens with one attached hydrogen (secondary N) is 1. The number of carbonyl (C=O) groups is 2. The summed E-state index contributed by atoms with van der Waals surface area (Å²) in [7, 11) is 1.60.